The van der Waals surface area contributed by atoms with Crippen molar-refractivity contribution in [3.63, 3.8) is 0 Å². The molecule has 0 aliphatic heterocycles. The van der Waals surface area contributed by atoms with Crippen LogP contribution in [0.3, 0.4) is 0 Å². The molecule has 14 rings (SSSR count). The molecule has 0 atom stereocenters. The quantitative estimate of drug-likeness (QED) is 0.172. The molecule has 2 heteroatoms. The summed E-state index contributed by atoms with van der Waals surface area (Å²) in [5, 5.41) is 2.27. The van der Waals surface area contributed by atoms with Crippen LogP contribution < -0.4 is 4.90 Å². The van der Waals surface area contributed by atoms with Gasteiger partial charge >= 0.3 is 0 Å². The second-order valence-corrected chi connectivity index (χ2v) is 18.7. The Hall–Kier alpha value is -8.20. The molecule has 3 aliphatic rings. The van der Waals surface area contributed by atoms with Crippen molar-refractivity contribution >= 4 is 39.0 Å². The fourth-order valence-corrected chi connectivity index (χ4v) is 12.2. The first-order chi connectivity index (χ1) is 32.5. The fourth-order valence-electron chi connectivity index (χ4n) is 12.2. The van der Waals surface area contributed by atoms with Gasteiger partial charge in [-0.25, -0.2) is 0 Å². The molecule has 2 nitrogen and oxygen atoms in total. The monoisotopic (exact) mass is 841 g/mol. The van der Waals surface area contributed by atoms with Crippen LogP contribution in [0.15, 0.2) is 229 Å². The minimum absolute atomic E-state index is 0.148. The van der Waals surface area contributed by atoms with E-state index in [2.05, 4.69) is 243 Å². The van der Waals surface area contributed by atoms with Crippen molar-refractivity contribution < 1.29 is 4.42 Å². The molecule has 0 saturated carbocycles. The van der Waals surface area contributed by atoms with Crippen LogP contribution in [-0.4, -0.2) is 0 Å². The van der Waals surface area contributed by atoms with Crippen molar-refractivity contribution in [3.8, 4) is 55.6 Å². The minimum Gasteiger partial charge on any atom is -0.455 e. The van der Waals surface area contributed by atoms with Gasteiger partial charge < -0.3 is 9.32 Å². The lowest BCUT2D eigenvalue weighted by molar-refractivity contribution is 0.660. The van der Waals surface area contributed by atoms with E-state index in [0.29, 0.717) is 0 Å². The van der Waals surface area contributed by atoms with Gasteiger partial charge in [-0.3, -0.25) is 0 Å². The first-order valence-electron chi connectivity index (χ1n) is 23.1. The van der Waals surface area contributed by atoms with Crippen LogP contribution in [0, 0.1) is 0 Å². The summed E-state index contributed by atoms with van der Waals surface area (Å²) in [7, 11) is 0. The smallest absolute Gasteiger partial charge is 0.143 e. The predicted octanol–water partition coefficient (Wildman–Crippen LogP) is 17.0. The highest BCUT2D eigenvalue weighted by Crippen LogP contribution is 2.65. The van der Waals surface area contributed by atoms with Crippen LogP contribution in [0.2, 0.25) is 0 Å². The molecule has 310 valence electrons. The van der Waals surface area contributed by atoms with E-state index < -0.39 is 5.41 Å². The van der Waals surface area contributed by atoms with Crippen molar-refractivity contribution in [1.29, 1.82) is 0 Å². The minimum atomic E-state index is -0.559. The molecule has 11 aromatic rings. The fraction of sp³-hybridized carbons (Fsp3) is 0.0625. The Bertz CT molecular complexity index is 3750. The van der Waals surface area contributed by atoms with Crippen molar-refractivity contribution in [2.45, 2.75) is 24.7 Å². The third-order valence-electron chi connectivity index (χ3n) is 15.1. The molecule has 0 radical (unpaired) electrons. The Labute approximate surface area is 384 Å². The summed E-state index contributed by atoms with van der Waals surface area (Å²) in [6.45, 7) is 4.74. The van der Waals surface area contributed by atoms with E-state index in [1.54, 1.807) is 0 Å². The van der Waals surface area contributed by atoms with Crippen LogP contribution in [0.5, 0.6) is 0 Å². The maximum atomic E-state index is 6.76. The number of anilines is 3. The van der Waals surface area contributed by atoms with Crippen LogP contribution in [0.25, 0.3) is 77.6 Å². The van der Waals surface area contributed by atoms with Gasteiger partial charge in [-0.1, -0.05) is 196 Å². The van der Waals surface area contributed by atoms with E-state index in [1.807, 2.05) is 0 Å². The molecule has 0 saturated heterocycles. The standard InChI is InChI=1S/C64H43NO/c1-63(2)54-25-10-6-18-45(54)48-36-34-43(38-58(48)63)65(42-32-30-41(31-33-42)40-16-4-3-5-17-40)44-35-37-53-59(39-44)64(55-26-11-7-19-46(55)47-20-8-12-27-56(47)64)57-28-15-22-50(61(53)57)52-24-14-23-51-49-21-9-13-29-60(49)66-62(51)52/h3-39H,1-2H3. The Kier molecular flexibility index (Phi) is 7.70. The SMILES string of the molecule is CC1(C)c2ccccc2-c2ccc(N(c3ccc(-c4ccccc4)cc3)c3ccc4c(c3)C3(c5ccccc5-c5ccccc53)c3cccc(-c5cccc6c5oc5ccccc56)c3-4)cc21. The zero-order valence-corrected chi connectivity index (χ0v) is 36.7. The van der Waals surface area contributed by atoms with Gasteiger partial charge in [-0.05, 0) is 126 Å². The Balaban J connectivity index is 1.04. The van der Waals surface area contributed by atoms with Crippen molar-refractivity contribution in [2.75, 3.05) is 4.90 Å². The molecule has 1 spiro atoms. The molecule has 66 heavy (non-hydrogen) atoms. The van der Waals surface area contributed by atoms with Crippen molar-refractivity contribution in [1.82, 2.24) is 0 Å². The summed E-state index contributed by atoms with van der Waals surface area (Å²) in [5.74, 6) is 0. The largest absolute Gasteiger partial charge is 0.455 e. The zero-order chi connectivity index (χ0) is 43.7. The van der Waals surface area contributed by atoms with E-state index >= 15 is 0 Å². The first kappa shape index (κ1) is 37.2. The van der Waals surface area contributed by atoms with E-state index in [-0.39, 0.29) is 5.41 Å². The normalized spacial score (nSPS) is 14.2. The Morgan fingerprint density at radius 3 is 1.58 bits per heavy atom. The number of fused-ring (bicyclic) bond motifs is 16. The third kappa shape index (κ3) is 4.96. The molecule has 0 bridgehead atoms. The number of rotatable bonds is 5. The highest BCUT2D eigenvalue weighted by Gasteiger charge is 2.52. The summed E-state index contributed by atoms with van der Waals surface area (Å²) in [5.41, 5.74) is 24.8. The lowest BCUT2D eigenvalue weighted by Crippen LogP contribution is -2.26. The molecular formula is C64H43NO. The average Bonchev–Trinajstić information content (AvgIpc) is 4.07. The summed E-state index contributed by atoms with van der Waals surface area (Å²) < 4.78 is 6.76. The van der Waals surface area contributed by atoms with Crippen LogP contribution in [0.1, 0.15) is 47.2 Å². The van der Waals surface area contributed by atoms with Gasteiger partial charge in [-0.2, -0.15) is 0 Å². The number of para-hydroxylation sites is 2. The van der Waals surface area contributed by atoms with E-state index in [9.17, 15) is 0 Å². The number of hydrogen-bond donors (Lipinski definition) is 0. The molecule has 0 amide bonds. The molecule has 0 N–H and O–H groups in total. The molecule has 1 heterocycles. The van der Waals surface area contributed by atoms with E-state index in [1.165, 1.54) is 83.5 Å². The van der Waals surface area contributed by atoms with Crippen LogP contribution in [0.4, 0.5) is 17.1 Å². The van der Waals surface area contributed by atoms with Gasteiger partial charge in [0.1, 0.15) is 11.2 Å². The lowest BCUT2D eigenvalue weighted by Gasteiger charge is -2.32. The van der Waals surface area contributed by atoms with Gasteiger partial charge in [0.25, 0.3) is 0 Å². The van der Waals surface area contributed by atoms with Gasteiger partial charge in [0.05, 0.1) is 5.41 Å². The number of benzene rings is 10. The maximum Gasteiger partial charge on any atom is 0.143 e. The summed E-state index contributed by atoms with van der Waals surface area (Å²) in [6, 6.07) is 83.3. The predicted molar refractivity (Wildman–Crippen MR) is 273 cm³/mol. The number of nitrogens with zero attached hydrogens (tertiary/aromatic N) is 1. The third-order valence-corrected chi connectivity index (χ3v) is 15.1. The number of furan rings is 1. The second kappa shape index (κ2) is 13.7. The highest BCUT2D eigenvalue weighted by atomic mass is 16.3. The van der Waals surface area contributed by atoms with Crippen LogP contribution in [-0.2, 0) is 10.8 Å². The first-order valence-corrected chi connectivity index (χ1v) is 23.1. The van der Waals surface area contributed by atoms with Gasteiger partial charge in [0.2, 0.25) is 0 Å². The average molecular weight is 842 g/mol. The summed E-state index contributed by atoms with van der Waals surface area (Å²) >= 11 is 0. The number of hydrogen-bond acceptors (Lipinski definition) is 2. The van der Waals surface area contributed by atoms with Crippen molar-refractivity contribution in [2.24, 2.45) is 0 Å². The van der Waals surface area contributed by atoms with Crippen LogP contribution >= 0.6 is 0 Å². The topological polar surface area (TPSA) is 16.4 Å². The van der Waals surface area contributed by atoms with Gasteiger partial charge in [0, 0.05) is 38.8 Å². The summed E-state index contributed by atoms with van der Waals surface area (Å²) in [4.78, 5) is 2.48. The molecule has 1 aromatic heterocycles. The highest BCUT2D eigenvalue weighted by molar-refractivity contribution is 6.12. The maximum absolute atomic E-state index is 6.76. The molecule has 3 aliphatic carbocycles. The van der Waals surface area contributed by atoms with Gasteiger partial charge in [-0.15, -0.1) is 0 Å². The molecular weight excluding hydrogens is 799 g/mol. The Morgan fingerprint density at radius 2 is 0.833 bits per heavy atom. The Morgan fingerprint density at radius 1 is 0.333 bits per heavy atom. The van der Waals surface area contributed by atoms with Crippen molar-refractivity contribution in [3.05, 3.63) is 258 Å². The van der Waals surface area contributed by atoms with E-state index in [4.69, 9.17) is 4.42 Å². The van der Waals surface area contributed by atoms with Gasteiger partial charge in [0.15, 0.2) is 0 Å². The molecule has 0 fully saturated rings. The molecule has 0 unspecified atom stereocenters. The second-order valence-electron chi connectivity index (χ2n) is 18.7. The summed E-state index contributed by atoms with van der Waals surface area (Å²) in [6.07, 6.45) is 0. The van der Waals surface area contributed by atoms with E-state index in [0.717, 1.165) is 44.6 Å². The zero-order valence-electron chi connectivity index (χ0n) is 36.7. The lowest BCUT2D eigenvalue weighted by atomic mass is 9.70. The molecule has 10 aromatic carbocycles.